The van der Waals surface area contributed by atoms with Crippen molar-refractivity contribution >= 4 is 5.91 Å². The molecule has 0 spiro atoms. The first-order chi connectivity index (χ1) is 9.23. The van der Waals surface area contributed by atoms with Crippen LogP contribution < -0.4 is 11.1 Å². The monoisotopic (exact) mass is 262 g/mol. The summed E-state index contributed by atoms with van der Waals surface area (Å²) < 4.78 is 5.13. The zero-order chi connectivity index (χ0) is 13.7. The van der Waals surface area contributed by atoms with Gasteiger partial charge in [0.1, 0.15) is 0 Å². The molecule has 1 aliphatic rings. The van der Waals surface area contributed by atoms with Crippen LogP contribution in [0, 0.1) is 0 Å². The minimum absolute atomic E-state index is 0.00341. The van der Waals surface area contributed by atoms with Gasteiger partial charge in [-0.05, 0) is 31.4 Å². The number of hydrogen-bond donors (Lipinski definition) is 2. The highest BCUT2D eigenvalue weighted by atomic mass is 16.5. The van der Waals surface area contributed by atoms with Crippen molar-refractivity contribution < 1.29 is 9.53 Å². The van der Waals surface area contributed by atoms with Crippen molar-refractivity contribution in [3.63, 3.8) is 0 Å². The number of amides is 1. The van der Waals surface area contributed by atoms with Crippen molar-refractivity contribution in [3.05, 3.63) is 35.9 Å². The molecule has 1 amide bonds. The Morgan fingerprint density at radius 2 is 2.11 bits per heavy atom. The first-order valence-electron chi connectivity index (χ1n) is 6.78. The molecule has 0 radical (unpaired) electrons. The van der Waals surface area contributed by atoms with E-state index in [1.807, 2.05) is 30.3 Å². The molecule has 1 unspecified atom stereocenters. The van der Waals surface area contributed by atoms with Gasteiger partial charge in [0.05, 0.1) is 18.1 Å². The molecule has 1 saturated carbocycles. The summed E-state index contributed by atoms with van der Waals surface area (Å²) in [5.41, 5.74) is 6.35. The second-order valence-electron chi connectivity index (χ2n) is 5.15. The number of rotatable bonds is 7. The van der Waals surface area contributed by atoms with Gasteiger partial charge in [0.2, 0.25) is 5.91 Å². The maximum absolute atomic E-state index is 12.5. The minimum atomic E-state index is -0.318. The molecule has 2 rings (SSSR count). The Kier molecular flexibility index (Phi) is 4.56. The topological polar surface area (TPSA) is 64.3 Å². The normalized spacial score (nSPS) is 17.8. The summed E-state index contributed by atoms with van der Waals surface area (Å²) in [5.74, 6) is 0.106. The fourth-order valence-electron chi connectivity index (χ4n) is 2.45. The quantitative estimate of drug-likeness (QED) is 0.776. The van der Waals surface area contributed by atoms with Crippen molar-refractivity contribution in [1.82, 2.24) is 5.32 Å². The van der Waals surface area contributed by atoms with E-state index in [4.69, 9.17) is 10.5 Å². The SMILES string of the molecule is COCC(CCN)NC(=O)C1(c2ccccc2)CC1. The number of ether oxygens (including phenoxy) is 1. The lowest BCUT2D eigenvalue weighted by Gasteiger charge is -2.22. The number of nitrogens with two attached hydrogens (primary N) is 1. The van der Waals surface area contributed by atoms with Crippen molar-refractivity contribution in [1.29, 1.82) is 0 Å². The summed E-state index contributed by atoms with van der Waals surface area (Å²) in [6.07, 6.45) is 2.58. The van der Waals surface area contributed by atoms with Gasteiger partial charge in [-0.3, -0.25) is 4.79 Å². The lowest BCUT2D eigenvalue weighted by molar-refractivity contribution is -0.124. The molecular formula is C15H22N2O2. The average molecular weight is 262 g/mol. The predicted molar refractivity (Wildman–Crippen MR) is 74.8 cm³/mol. The molecule has 4 heteroatoms. The van der Waals surface area contributed by atoms with Gasteiger partial charge in [0.15, 0.2) is 0 Å². The molecule has 0 saturated heterocycles. The van der Waals surface area contributed by atoms with Gasteiger partial charge in [-0.1, -0.05) is 30.3 Å². The zero-order valence-corrected chi connectivity index (χ0v) is 11.4. The third kappa shape index (κ3) is 3.14. The van der Waals surface area contributed by atoms with Crippen molar-refractivity contribution in [3.8, 4) is 0 Å². The average Bonchev–Trinajstić information content (AvgIpc) is 3.22. The third-order valence-electron chi connectivity index (χ3n) is 3.73. The Morgan fingerprint density at radius 1 is 1.42 bits per heavy atom. The van der Waals surface area contributed by atoms with E-state index in [1.165, 1.54) is 0 Å². The Hall–Kier alpha value is -1.39. The molecule has 4 nitrogen and oxygen atoms in total. The number of carbonyl (C=O) groups excluding carboxylic acids is 1. The fourth-order valence-corrected chi connectivity index (χ4v) is 2.45. The van der Waals surface area contributed by atoms with E-state index in [-0.39, 0.29) is 17.4 Å². The second-order valence-corrected chi connectivity index (χ2v) is 5.15. The molecule has 0 aromatic heterocycles. The van der Waals surface area contributed by atoms with E-state index in [0.717, 1.165) is 24.8 Å². The smallest absolute Gasteiger partial charge is 0.230 e. The lowest BCUT2D eigenvalue weighted by atomic mass is 9.94. The van der Waals surface area contributed by atoms with Crippen LogP contribution in [-0.4, -0.2) is 32.2 Å². The standard InChI is InChI=1S/C15H22N2O2/c1-19-11-13(7-10-16)17-14(18)15(8-9-15)12-5-3-2-4-6-12/h2-6,13H,7-11,16H2,1H3,(H,17,18). The highest BCUT2D eigenvalue weighted by Crippen LogP contribution is 2.48. The number of methoxy groups -OCH3 is 1. The summed E-state index contributed by atoms with van der Waals surface area (Å²) >= 11 is 0. The molecule has 1 aliphatic carbocycles. The molecule has 0 heterocycles. The molecule has 0 aliphatic heterocycles. The fraction of sp³-hybridized carbons (Fsp3) is 0.533. The number of benzene rings is 1. The third-order valence-corrected chi connectivity index (χ3v) is 3.73. The van der Waals surface area contributed by atoms with Gasteiger partial charge in [0, 0.05) is 7.11 Å². The molecule has 1 fully saturated rings. The van der Waals surface area contributed by atoms with E-state index in [0.29, 0.717) is 13.2 Å². The largest absolute Gasteiger partial charge is 0.383 e. The Morgan fingerprint density at radius 3 is 2.63 bits per heavy atom. The lowest BCUT2D eigenvalue weighted by Crippen LogP contribution is -2.44. The van der Waals surface area contributed by atoms with Crippen LogP contribution in [0.4, 0.5) is 0 Å². The van der Waals surface area contributed by atoms with E-state index in [2.05, 4.69) is 5.32 Å². The Labute approximate surface area is 114 Å². The van der Waals surface area contributed by atoms with Crippen LogP contribution in [0.25, 0.3) is 0 Å². The molecule has 1 aromatic rings. The van der Waals surface area contributed by atoms with E-state index < -0.39 is 0 Å². The summed E-state index contributed by atoms with van der Waals surface area (Å²) in [7, 11) is 1.64. The van der Waals surface area contributed by atoms with Gasteiger partial charge < -0.3 is 15.8 Å². The van der Waals surface area contributed by atoms with Crippen LogP contribution in [-0.2, 0) is 14.9 Å². The second kappa shape index (κ2) is 6.17. The summed E-state index contributed by atoms with van der Waals surface area (Å²) in [6.45, 7) is 1.06. The van der Waals surface area contributed by atoms with Crippen molar-refractivity contribution in [2.24, 2.45) is 5.73 Å². The molecule has 1 aromatic carbocycles. The highest BCUT2D eigenvalue weighted by molar-refractivity contribution is 5.91. The molecular weight excluding hydrogens is 240 g/mol. The van der Waals surface area contributed by atoms with Crippen LogP contribution in [0.15, 0.2) is 30.3 Å². The maximum atomic E-state index is 12.5. The van der Waals surface area contributed by atoms with Crippen LogP contribution in [0.2, 0.25) is 0 Å². The minimum Gasteiger partial charge on any atom is -0.383 e. The van der Waals surface area contributed by atoms with Gasteiger partial charge in [-0.25, -0.2) is 0 Å². The molecule has 19 heavy (non-hydrogen) atoms. The summed E-state index contributed by atoms with van der Waals surface area (Å²) in [5, 5.41) is 3.08. The molecule has 104 valence electrons. The van der Waals surface area contributed by atoms with Crippen LogP contribution in [0.3, 0.4) is 0 Å². The van der Waals surface area contributed by atoms with Gasteiger partial charge >= 0.3 is 0 Å². The predicted octanol–water partition coefficient (Wildman–Crippen LogP) is 1.20. The molecule has 1 atom stereocenters. The summed E-state index contributed by atoms with van der Waals surface area (Å²) in [4.78, 5) is 12.5. The summed E-state index contributed by atoms with van der Waals surface area (Å²) in [6, 6.07) is 10.00. The Balaban J connectivity index is 2.03. The van der Waals surface area contributed by atoms with Crippen molar-refractivity contribution in [2.45, 2.75) is 30.7 Å². The highest BCUT2D eigenvalue weighted by Gasteiger charge is 2.51. The first kappa shape index (κ1) is 14.0. The van der Waals surface area contributed by atoms with E-state index >= 15 is 0 Å². The van der Waals surface area contributed by atoms with E-state index in [1.54, 1.807) is 7.11 Å². The number of hydrogen-bond acceptors (Lipinski definition) is 3. The number of nitrogens with one attached hydrogen (secondary N) is 1. The number of carbonyl (C=O) groups is 1. The van der Waals surface area contributed by atoms with Crippen LogP contribution >= 0.6 is 0 Å². The van der Waals surface area contributed by atoms with Crippen LogP contribution in [0.1, 0.15) is 24.8 Å². The van der Waals surface area contributed by atoms with Gasteiger partial charge in [-0.15, -0.1) is 0 Å². The zero-order valence-electron chi connectivity index (χ0n) is 11.4. The maximum Gasteiger partial charge on any atom is 0.230 e. The first-order valence-corrected chi connectivity index (χ1v) is 6.78. The molecule has 3 N–H and O–H groups in total. The van der Waals surface area contributed by atoms with E-state index in [9.17, 15) is 4.79 Å². The Bertz CT molecular complexity index is 409. The van der Waals surface area contributed by atoms with Crippen molar-refractivity contribution in [2.75, 3.05) is 20.3 Å². The van der Waals surface area contributed by atoms with Gasteiger partial charge in [-0.2, -0.15) is 0 Å². The van der Waals surface area contributed by atoms with Gasteiger partial charge in [0.25, 0.3) is 0 Å². The van der Waals surface area contributed by atoms with Crippen LogP contribution in [0.5, 0.6) is 0 Å². The molecule has 0 bridgehead atoms.